The molecule has 1 amide bonds. The minimum absolute atomic E-state index is 0.166. The van der Waals surface area contributed by atoms with Crippen molar-refractivity contribution in [3.05, 3.63) is 30.1 Å². The van der Waals surface area contributed by atoms with Gasteiger partial charge in [0.1, 0.15) is 0 Å². The molecule has 18 heavy (non-hydrogen) atoms. The molecule has 4 heteroatoms. The van der Waals surface area contributed by atoms with E-state index in [0.717, 1.165) is 25.7 Å². The second-order valence-electron chi connectivity index (χ2n) is 5.06. The van der Waals surface area contributed by atoms with Crippen LogP contribution in [0.5, 0.6) is 0 Å². The first-order valence-electron chi connectivity index (χ1n) is 6.60. The van der Waals surface area contributed by atoms with Gasteiger partial charge in [-0.2, -0.15) is 0 Å². The van der Waals surface area contributed by atoms with Crippen LogP contribution < -0.4 is 5.32 Å². The van der Waals surface area contributed by atoms with Gasteiger partial charge in [0.15, 0.2) is 0 Å². The third kappa shape index (κ3) is 3.53. The number of aliphatic hydroxyl groups is 1. The first-order valence-corrected chi connectivity index (χ1v) is 6.60. The highest BCUT2D eigenvalue weighted by molar-refractivity contribution is 5.93. The molecule has 0 spiro atoms. The van der Waals surface area contributed by atoms with Crippen molar-refractivity contribution in [1.82, 2.24) is 10.3 Å². The van der Waals surface area contributed by atoms with Gasteiger partial charge in [-0.3, -0.25) is 9.78 Å². The monoisotopic (exact) mass is 248 g/mol. The van der Waals surface area contributed by atoms with Crippen molar-refractivity contribution >= 4 is 5.91 Å². The summed E-state index contributed by atoms with van der Waals surface area (Å²) in [5.74, 6) is -0.166. The lowest BCUT2D eigenvalue weighted by Gasteiger charge is -2.26. The number of hydrogen-bond donors (Lipinski definition) is 2. The van der Waals surface area contributed by atoms with Crippen LogP contribution in [0, 0.1) is 0 Å². The maximum Gasteiger partial charge on any atom is 0.252 e. The van der Waals surface area contributed by atoms with Crippen LogP contribution in [0.3, 0.4) is 0 Å². The minimum Gasteiger partial charge on any atom is -0.388 e. The van der Waals surface area contributed by atoms with Crippen LogP contribution in [0.1, 0.15) is 48.9 Å². The topological polar surface area (TPSA) is 62.2 Å². The van der Waals surface area contributed by atoms with Crippen molar-refractivity contribution in [2.45, 2.75) is 44.1 Å². The van der Waals surface area contributed by atoms with Crippen molar-refractivity contribution in [2.24, 2.45) is 0 Å². The van der Waals surface area contributed by atoms with Gasteiger partial charge in [0.2, 0.25) is 0 Å². The van der Waals surface area contributed by atoms with E-state index in [1.807, 2.05) is 0 Å². The molecule has 1 aliphatic rings. The lowest BCUT2D eigenvalue weighted by molar-refractivity contribution is 0.0246. The summed E-state index contributed by atoms with van der Waals surface area (Å²) in [5, 5.41) is 13.2. The predicted octanol–water partition coefficient (Wildman–Crippen LogP) is 1.90. The number of rotatable bonds is 3. The van der Waals surface area contributed by atoms with E-state index in [-0.39, 0.29) is 5.91 Å². The first kappa shape index (κ1) is 13.0. The molecular formula is C14H20N2O2. The zero-order valence-electron chi connectivity index (χ0n) is 10.6. The van der Waals surface area contributed by atoms with E-state index in [2.05, 4.69) is 10.3 Å². The zero-order chi connectivity index (χ0) is 12.8. The summed E-state index contributed by atoms with van der Waals surface area (Å²) in [6, 6.07) is 3.45. The molecule has 1 aromatic heterocycles. The summed E-state index contributed by atoms with van der Waals surface area (Å²) in [6.45, 7) is 0.334. The van der Waals surface area contributed by atoms with Crippen LogP contribution in [0.15, 0.2) is 24.5 Å². The van der Waals surface area contributed by atoms with E-state index < -0.39 is 5.60 Å². The van der Waals surface area contributed by atoms with Crippen LogP contribution in [-0.4, -0.2) is 28.1 Å². The molecule has 4 nitrogen and oxygen atoms in total. The molecule has 1 fully saturated rings. The number of aromatic nitrogens is 1. The average Bonchev–Trinajstić information content (AvgIpc) is 2.62. The van der Waals surface area contributed by atoms with Gasteiger partial charge in [-0.1, -0.05) is 25.7 Å². The third-order valence-corrected chi connectivity index (χ3v) is 3.54. The van der Waals surface area contributed by atoms with Gasteiger partial charge >= 0.3 is 0 Å². The summed E-state index contributed by atoms with van der Waals surface area (Å²) in [6.07, 6.45) is 9.17. The Balaban J connectivity index is 1.88. The summed E-state index contributed by atoms with van der Waals surface area (Å²) in [7, 11) is 0. The predicted molar refractivity (Wildman–Crippen MR) is 69.2 cm³/mol. The second kappa shape index (κ2) is 5.96. The number of nitrogens with zero attached hydrogens (tertiary/aromatic N) is 1. The summed E-state index contributed by atoms with van der Waals surface area (Å²) < 4.78 is 0. The summed E-state index contributed by atoms with van der Waals surface area (Å²) in [5.41, 5.74) is -0.191. The molecule has 98 valence electrons. The van der Waals surface area contributed by atoms with E-state index in [1.54, 1.807) is 18.3 Å². The van der Waals surface area contributed by atoms with Crippen molar-refractivity contribution < 1.29 is 9.90 Å². The Morgan fingerprint density at radius 3 is 2.67 bits per heavy atom. The van der Waals surface area contributed by atoms with E-state index in [4.69, 9.17) is 0 Å². The Morgan fingerprint density at radius 2 is 2.06 bits per heavy atom. The fourth-order valence-corrected chi connectivity index (χ4v) is 2.41. The van der Waals surface area contributed by atoms with Gasteiger partial charge in [0.05, 0.1) is 11.2 Å². The molecule has 0 aromatic carbocycles. The number of hydrogen-bond acceptors (Lipinski definition) is 3. The second-order valence-corrected chi connectivity index (χ2v) is 5.06. The number of carbonyl (C=O) groups excluding carboxylic acids is 1. The maximum atomic E-state index is 11.9. The summed E-state index contributed by atoms with van der Waals surface area (Å²) in [4.78, 5) is 15.8. The number of pyridine rings is 1. The molecule has 0 atom stereocenters. The molecule has 1 aromatic rings. The van der Waals surface area contributed by atoms with Crippen molar-refractivity contribution in [2.75, 3.05) is 6.54 Å². The van der Waals surface area contributed by atoms with E-state index in [0.29, 0.717) is 12.1 Å². The van der Waals surface area contributed by atoms with Gasteiger partial charge in [-0.25, -0.2) is 0 Å². The quantitative estimate of drug-likeness (QED) is 0.803. The Kier molecular flexibility index (Phi) is 4.31. The molecule has 0 saturated heterocycles. The van der Waals surface area contributed by atoms with E-state index in [1.165, 1.54) is 19.0 Å². The summed E-state index contributed by atoms with van der Waals surface area (Å²) >= 11 is 0. The zero-order valence-corrected chi connectivity index (χ0v) is 10.6. The Morgan fingerprint density at radius 1 is 1.33 bits per heavy atom. The lowest BCUT2D eigenvalue weighted by atomic mass is 9.94. The Bertz CT molecular complexity index is 384. The van der Waals surface area contributed by atoms with Gasteiger partial charge in [0.25, 0.3) is 5.91 Å². The minimum atomic E-state index is -0.728. The molecule has 2 rings (SSSR count). The van der Waals surface area contributed by atoms with E-state index >= 15 is 0 Å². The van der Waals surface area contributed by atoms with Crippen LogP contribution in [-0.2, 0) is 0 Å². The molecule has 1 saturated carbocycles. The van der Waals surface area contributed by atoms with Crippen LogP contribution in [0.4, 0.5) is 0 Å². The normalized spacial score (nSPS) is 18.9. The molecular weight excluding hydrogens is 228 g/mol. The largest absolute Gasteiger partial charge is 0.388 e. The smallest absolute Gasteiger partial charge is 0.252 e. The fourth-order valence-electron chi connectivity index (χ4n) is 2.41. The SMILES string of the molecule is O=C(NCC1(O)CCCCCC1)c1cccnc1. The highest BCUT2D eigenvalue weighted by Crippen LogP contribution is 2.26. The van der Waals surface area contributed by atoms with Crippen molar-refractivity contribution in [1.29, 1.82) is 0 Å². The highest BCUT2D eigenvalue weighted by Gasteiger charge is 2.28. The van der Waals surface area contributed by atoms with Crippen LogP contribution in [0.2, 0.25) is 0 Å². The van der Waals surface area contributed by atoms with Gasteiger partial charge < -0.3 is 10.4 Å². The third-order valence-electron chi connectivity index (χ3n) is 3.54. The van der Waals surface area contributed by atoms with Gasteiger partial charge in [-0.15, -0.1) is 0 Å². The Hall–Kier alpha value is -1.42. The molecule has 0 unspecified atom stereocenters. The van der Waals surface area contributed by atoms with Crippen molar-refractivity contribution in [3.63, 3.8) is 0 Å². The van der Waals surface area contributed by atoms with Gasteiger partial charge in [-0.05, 0) is 25.0 Å². The molecule has 0 aliphatic heterocycles. The van der Waals surface area contributed by atoms with Crippen molar-refractivity contribution in [3.8, 4) is 0 Å². The van der Waals surface area contributed by atoms with Crippen LogP contribution in [0.25, 0.3) is 0 Å². The lowest BCUT2D eigenvalue weighted by Crippen LogP contribution is -2.42. The van der Waals surface area contributed by atoms with E-state index in [9.17, 15) is 9.90 Å². The number of carbonyl (C=O) groups is 1. The molecule has 2 N–H and O–H groups in total. The molecule has 1 aliphatic carbocycles. The van der Waals surface area contributed by atoms with Gasteiger partial charge in [0, 0.05) is 18.9 Å². The molecule has 0 bridgehead atoms. The Labute approximate surface area is 107 Å². The standard InChI is InChI=1S/C14H20N2O2/c17-13(12-6-5-9-15-10-12)16-11-14(18)7-3-1-2-4-8-14/h5-6,9-10,18H,1-4,7-8,11H2,(H,16,17). The number of nitrogens with one attached hydrogen (secondary N) is 1. The van der Waals surface area contributed by atoms with Crippen LogP contribution >= 0.6 is 0 Å². The first-order chi connectivity index (χ1) is 8.70. The molecule has 1 heterocycles. The number of amides is 1. The highest BCUT2D eigenvalue weighted by atomic mass is 16.3. The fraction of sp³-hybridized carbons (Fsp3) is 0.571. The maximum absolute atomic E-state index is 11.9. The average molecular weight is 248 g/mol. The molecule has 0 radical (unpaired) electrons.